The third kappa shape index (κ3) is 2.25. The summed E-state index contributed by atoms with van der Waals surface area (Å²) in [4.78, 5) is 6.94. The Bertz CT molecular complexity index is 733. The van der Waals surface area contributed by atoms with Crippen LogP contribution < -0.4 is 5.32 Å². The van der Waals surface area contributed by atoms with E-state index in [1.54, 1.807) is 11.3 Å². The predicted octanol–water partition coefficient (Wildman–Crippen LogP) is 2.91. The first-order valence-electron chi connectivity index (χ1n) is 6.62. The summed E-state index contributed by atoms with van der Waals surface area (Å²) in [5.74, 6) is 0.886. The second-order valence-corrected chi connectivity index (χ2v) is 6.26. The zero-order valence-electron chi connectivity index (χ0n) is 12.1. The Morgan fingerprint density at radius 3 is 2.70 bits per heavy atom. The van der Waals surface area contributed by atoms with Gasteiger partial charge in [-0.2, -0.15) is 0 Å². The van der Waals surface area contributed by atoms with Gasteiger partial charge < -0.3 is 9.84 Å². The maximum Gasteiger partial charge on any atom is 0.194 e. The molecule has 0 spiro atoms. The first kappa shape index (κ1) is 13.3. The van der Waals surface area contributed by atoms with E-state index in [2.05, 4.69) is 39.9 Å². The van der Waals surface area contributed by atoms with Crippen molar-refractivity contribution in [3.63, 3.8) is 0 Å². The molecule has 0 saturated heterocycles. The minimum absolute atomic E-state index is 0.761. The van der Waals surface area contributed by atoms with Crippen molar-refractivity contribution in [2.24, 2.45) is 0 Å². The molecule has 0 radical (unpaired) electrons. The van der Waals surface area contributed by atoms with Gasteiger partial charge in [0.15, 0.2) is 4.96 Å². The fourth-order valence-electron chi connectivity index (χ4n) is 2.38. The van der Waals surface area contributed by atoms with Crippen molar-refractivity contribution in [2.75, 3.05) is 0 Å². The van der Waals surface area contributed by atoms with Gasteiger partial charge in [-0.15, -0.1) is 11.3 Å². The van der Waals surface area contributed by atoms with Crippen LogP contribution in [0.1, 0.15) is 33.3 Å². The molecule has 0 aliphatic rings. The van der Waals surface area contributed by atoms with E-state index in [-0.39, 0.29) is 0 Å². The summed E-state index contributed by atoms with van der Waals surface area (Å²) in [7, 11) is 0. The molecule has 0 aliphatic carbocycles. The number of imidazole rings is 1. The Morgan fingerprint density at radius 2 is 2.00 bits per heavy atom. The maximum absolute atomic E-state index is 5.17. The molecule has 0 fully saturated rings. The zero-order valence-corrected chi connectivity index (χ0v) is 13.0. The van der Waals surface area contributed by atoms with Gasteiger partial charge in [-0.3, -0.25) is 4.40 Å². The van der Waals surface area contributed by atoms with Crippen molar-refractivity contribution in [3.05, 3.63) is 39.5 Å². The van der Waals surface area contributed by atoms with Crippen LogP contribution >= 0.6 is 11.3 Å². The van der Waals surface area contributed by atoms with Crippen molar-refractivity contribution in [1.82, 2.24) is 19.9 Å². The van der Waals surface area contributed by atoms with Crippen molar-refractivity contribution in [2.45, 2.75) is 40.8 Å². The molecule has 0 saturated carbocycles. The molecule has 106 valence electrons. The van der Waals surface area contributed by atoms with Gasteiger partial charge in [-0.1, -0.05) is 5.16 Å². The van der Waals surface area contributed by atoms with Crippen LogP contribution in [0.25, 0.3) is 4.96 Å². The van der Waals surface area contributed by atoms with Crippen LogP contribution in [0.4, 0.5) is 0 Å². The number of hydrogen-bond donors (Lipinski definition) is 1. The lowest BCUT2D eigenvalue weighted by atomic mass is 10.2. The summed E-state index contributed by atoms with van der Waals surface area (Å²) in [5.41, 5.74) is 4.40. The smallest absolute Gasteiger partial charge is 0.194 e. The van der Waals surface area contributed by atoms with E-state index in [1.807, 2.05) is 13.8 Å². The zero-order chi connectivity index (χ0) is 14.3. The highest BCUT2D eigenvalue weighted by molar-refractivity contribution is 7.17. The summed E-state index contributed by atoms with van der Waals surface area (Å²) in [6.45, 7) is 9.63. The molecule has 0 unspecified atom stereocenters. The van der Waals surface area contributed by atoms with Gasteiger partial charge in [-0.05, 0) is 27.7 Å². The molecular weight excluding hydrogens is 272 g/mol. The summed E-state index contributed by atoms with van der Waals surface area (Å²) in [5, 5.41) is 7.43. The molecule has 0 aromatic carbocycles. The molecule has 3 aromatic rings. The Hall–Kier alpha value is -1.66. The SMILES string of the molecule is Cc1cn2c(CNCc3c(C)noc3C)c(C)nc2s1. The average molecular weight is 290 g/mol. The molecule has 6 heteroatoms. The van der Waals surface area contributed by atoms with Crippen LogP contribution in [0.3, 0.4) is 0 Å². The lowest BCUT2D eigenvalue weighted by Gasteiger charge is -2.05. The predicted molar refractivity (Wildman–Crippen MR) is 79.1 cm³/mol. The fourth-order valence-corrected chi connectivity index (χ4v) is 3.27. The highest BCUT2D eigenvalue weighted by atomic mass is 32.1. The van der Waals surface area contributed by atoms with E-state index in [0.717, 1.165) is 40.8 Å². The third-order valence-electron chi connectivity index (χ3n) is 3.52. The van der Waals surface area contributed by atoms with Gasteiger partial charge >= 0.3 is 0 Å². The van der Waals surface area contributed by atoms with Crippen molar-refractivity contribution in [1.29, 1.82) is 0 Å². The van der Waals surface area contributed by atoms with Crippen LogP contribution in [-0.2, 0) is 13.1 Å². The number of nitrogens with zero attached hydrogens (tertiary/aromatic N) is 3. The topological polar surface area (TPSA) is 55.4 Å². The normalized spacial score (nSPS) is 11.6. The lowest BCUT2D eigenvalue weighted by molar-refractivity contribution is 0.392. The molecule has 0 aliphatic heterocycles. The first-order chi connectivity index (χ1) is 9.56. The van der Waals surface area contributed by atoms with Crippen LogP contribution in [0.15, 0.2) is 10.7 Å². The largest absolute Gasteiger partial charge is 0.361 e. The van der Waals surface area contributed by atoms with Crippen molar-refractivity contribution < 1.29 is 4.52 Å². The number of nitrogens with one attached hydrogen (secondary N) is 1. The quantitative estimate of drug-likeness (QED) is 0.802. The van der Waals surface area contributed by atoms with E-state index in [9.17, 15) is 0 Å². The summed E-state index contributed by atoms with van der Waals surface area (Å²) < 4.78 is 7.35. The fraction of sp³-hybridized carbons (Fsp3) is 0.429. The van der Waals surface area contributed by atoms with E-state index in [0.29, 0.717) is 0 Å². The molecular formula is C14H18N4OS. The number of rotatable bonds is 4. The average Bonchev–Trinajstić information content (AvgIpc) is 2.98. The van der Waals surface area contributed by atoms with Crippen LogP contribution in [-0.4, -0.2) is 14.5 Å². The molecule has 0 amide bonds. The summed E-state index contributed by atoms with van der Waals surface area (Å²) in [6, 6.07) is 0. The lowest BCUT2D eigenvalue weighted by Crippen LogP contribution is -2.15. The van der Waals surface area contributed by atoms with Gasteiger partial charge in [0.05, 0.1) is 17.1 Å². The standard InChI is InChI=1S/C14H18N4OS/c1-8-7-18-13(10(3)16-14(18)20-8)6-15-5-12-9(2)17-19-11(12)4/h7,15H,5-6H2,1-4H3. The Kier molecular flexibility index (Phi) is 3.35. The molecule has 0 atom stereocenters. The van der Waals surface area contributed by atoms with E-state index >= 15 is 0 Å². The summed E-state index contributed by atoms with van der Waals surface area (Å²) in [6.07, 6.45) is 2.15. The molecule has 0 bridgehead atoms. The Morgan fingerprint density at radius 1 is 1.20 bits per heavy atom. The third-order valence-corrected chi connectivity index (χ3v) is 4.41. The highest BCUT2D eigenvalue weighted by Gasteiger charge is 2.12. The van der Waals surface area contributed by atoms with Gasteiger partial charge in [0.1, 0.15) is 5.76 Å². The van der Waals surface area contributed by atoms with Crippen molar-refractivity contribution >= 4 is 16.3 Å². The number of aryl methyl sites for hydroxylation is 4. The second-order valence-electron chi connectivity index (χ2n) is 5.04. The van der Waals surface area contributed by atoms with Crippen LogP contribution in [0.5, 0.6) is 0 Å². The number of hydrogen-bond acceptors (Lipinski definition) is 5. The number of aromatic nitrogens is 3. The van der Waals surface area contributed by atoms with Crippen molar-refractivity contribution in [3.8, 4) is 0 Å². The minimum Gasteiger partial charge on any atom is -0.361 e. The monoisotopic (exact) mass is 290 g/mol. The van der Waals surface area contributed by atoms with E-state index < -0.39 is 0 Å². The number of fused-ring (bicyclic) bond motifs is 1. The molecule has 20 heavy (non-hydrogen) atoms. The Labute approximate surface area is 121 Å². The molecule has 3 rings (SSSR count). The van der Waals surface area contributed by atoms with Crippen LogP contribution in [0, 0.1) is 27.7 Å². The summed E-state index contributed by atoms with van der Waals surface area (Å²) >= 11 is 1.72. The van der Waals surface area contributed by atoms with E-state index in [4.69, 9.17) is 4.52 Å². The number of thiazole rings is 1. The molecule has 3 heterocycles. The van der Waals surface area contributed by atoms with Gasteiger partial charge in [0.25, 0.3) is 0 Å². The first-order valence-corrected chi connectivity index (χ1v) is 7.44. The van der Waals surface area contributed by atoms with Gasteiger partial charge in [-0.25, -0.2) is 4.98 Å². The molecule has 1 N–H and O–H groups in total. The Balaban J connectivity index is 1.75. The maximum atomic E-state index is 5.17. The molecule has 5 nitrogen and oxygen atoms in total. The molecule has 3 aromatic heterocycles. The van der Waals surface area contributed by atoms with Crippen LogP contribution in [0.2, 0.25) is 0 Å². The second kappa shape index (κ2) is 5.03. The van der Waals surface area contributed by atoms with Gasteiger partial charge in [0.2, 0.25) is 0 Å². The van der Waals surface area contributed by atoms with Gasteiger partial charge in [0, 0.05) is 29.7 Å². The highest BCUT2D eigenvalue weighted by Crippen LogP contribution is 2.20. The van der Waals surface area contributed by atoms with E-state index in [1.165, 1.54) is 10.6 Å². The minimum atomic E-state index is 0.761.